The summed E-state index contributed by atoms with van der Waals surface area (Å²) >= 11 is 0. The lowest BCUT2D eigenvalue weighted by molar-refractivity contribution is 0.0997. The number of nitrogens with zero attached hydrogens (tertiary/aromatic N) is 2. The Kier molecular flexibility index (Phi) is 6.65. The van der Waals surface area contributed by atoms with E-state index in [0.29, 0.717) is 47.2 Å². The Morgan fingerprint density at radius 3 is 2.21 bits per heavy atom. The Morgan fingerprint density at radius 2 is 1.58 bits per heavy atom. The van der Waals surface area contributed by atoms with E-state index in [4.69, 9.17) is 15.2 Å². The van der Waals surface area contributed by atoms with Gasteiger partial charge >= 0.3 is 0 Å². The molecule has 0 aliphatic heterocycles. The summed E-state index contributed by atoms with van der Waals surface area (Å²) in [5.41, 5.74) is 6.75. The van der Waals surface area contributed by atoms with Crippen LogP contribution in [0.3, 0.4) is 0 Å². The number of nitrogens with two attached hydrogens (primary N) is 1. The summed E-state index contributed by atoms with van der Waals surface area (Å²) in [6.45, 7) is 1.10. The molecule has 3 N–H and O–H groups in total. The number of carbonyl (C=O) groups is 2. The van der Waals surface area contributed by atoms with E-state index in [1.807, 2.05) is 24.4 Å². The average Bonchev–Trinajstić information content (AvgIpc) is 3.34. The number of aromatic nitrogens is 2. The molecule has 0 unspecified atom stereocenters. The van der Waals surface area contributed by atoms with Crippen molar-refractivity contribution in [1.82, 2.24) is 9.78 Å². The Bertz CT molecular complexity index is 1220. The molecular formula is C25H22N4O4. The number of anilines is 1. The smallest absolute Gasteiger partial charge is 0.255 e. The molecule has 1 aromatic heterocycles. The first-order chi connectivity index (χ1) is 16.1. The molecule has 166 valence electrons. The van der Waals surface area contributed by atoms with Gasteiger partial charge in [-0.2, -0.15) is 5.10 Å². The molecule has 0 aliphatic carbocycles. The Morgan fingerprint density at radius 1 is 0.879 bits per heavy atom. The Hall–Kier alpha value is -4.59. The maximum absolute atomic E-state index is 12.6. The molecule has 0 saturated carbocycles. The van der Waals surface area contributed by atoms with Crippen LogP contribution in [0.4, 0.5) is 5.69 Å². The van der Waals surface area contributed by atoms with Crippen LogP contribution < -0.4 is 20.5 Å². The molecule has 0 radical (unpaired) electrons. The van der Waals surface area contributed by atoms with Crippen LogP contribution in [0.15, 0.2) is 91.3 Å². The fourth-order valence-corrected chi connectivity index (χ4v) is 3.05. The van der Waals surface area contributed by atoms with Gasteiger partial charge in [0.15, 0.2) is 0 Å². The van der Waals surface area contributed by atoms with Gasteiger partial charge in [-0.3, -0.25) is 14.3 Å². The monoisotopic (exact) mass is 442 g/mol. The van der Waals surface area contributed by atoms with Crippen molar-refractivity contribution in [3.8, 4) is 17.2 Å². The third-order valence-electron chi connectivity index (χ3n) is 4.73. The maximum atomic E-state index is 12.6. The summed E-state index contributed by atoms with van der Waals surface area (Å²) < 4.78 is 13.3. The first kappa shape index (κ1) is 21.6. The van der Waals surface area contributed by atoms with Crippen molar-refractivity contribution in [2.24, 2.45) is 5.73 Å². The van der Waals surface area contributed by atoms with Crippen LogP contribution in [0.2, 0.25) is 0 Å². The number of carbonyl (C=O) groups excluding carboxylic acids is 2. The molecule has 0 saturated heterocycles. The third kappa shape index (κ3) is 5.98. The van der Waals surface area contributed by atoms with Crippen molar-refractivity contribution in [1.29, 1.82) is 0 Å². The van der Waals surface area contributed by atoms with Crippen LogP contribution in [-0.2, 0) is 6.54 Å². The van der Waals surface area contributed by atoms with E-state index in [1.54, 1.807) is 71.5 Å². The van der Waals surface area contributed by atoms with Crippen molar-refractivity contribution < 1.29 is 19.1 Å². The second kappa shape index (κ2) is 10.1. The SMILES string of the molecule is NC(=O)c1ccc(Oc2ccc(C(=O)Nc3cccc(OCCn4cccn4)c3)cc2)cc1. The number of amides is 2. The molecule has 3 aromatic carbocycles. The minimum Gasteiger partial charge on any atom is -0.492 e. The summed E-state index contributed by atoms with van der Waals surface area (Å²) in [6, 6.07) is 22.3. The van der Waals surface area contributed by atoms with Gasteiger partial charge in [0.2, 0.25) is 5.91 Å². The first-order valence-corrected chi connectivity index (χ1v) is 10.3. The zero-order valence-corrected chi connectivity index (χ0v) is 17.7. The standard InChI is InChI=1S/C25H22N4O4/c26-24(30)18-5-9-21(10-6-18)33-22-11-7-19(8-12-22)25(31)28-20-3-1-4-23(17-20)32-16-15-29-14-2-13-27-29/h1-14,17H,15-16H2,(H2,26,30)(H,28,31). The highest BCUT2D eigenvalue weighted by Crippen LogP contribution is 2.23. The van der Waals surface area contributed by atoms with Gasteiger partial charge in [-0.05, 0) is 66.7 Å². The highest BCUT2D eigenvalue weighted by atomic mass is 16.5. The van der Waals surface area contributed by atoms with Crippen LogP contribution in [0.5, 0.6) is 17.2 Å². The lowest BCUT2D eigenvalue weighted by Crippen LogP contribution is -2.12. The number of ether oxygens (including phenoxy) is 2. The van der Waals surface area contributed by atoms with Crippen LogP contribution in [0.25, 0.3) is 0 Å². The van der Waals surface area contributed by atoms with Crippen LogP contribution in [0.1, 0.15) is 20.7 Å². The van der Waals surface area contributed by atoms with Gasteiger partial charge in [0.05, 0.1) is 6.54 Å². The molecule has 33 heavy (non-hydrogen) atoms. The summed E-state index contributed by atoms with van der Waals surface area (Å²) in [5, 5.41) is 7.00. The number of benzene rings is 3. The van der Waals surface area contributed by atoms with E-state index in [1.165, 1.54) is 0 Å². The molecule has 0 bridgehead atoms. The van der Waals surface area contributed by atoms with Crippen LogP contribution >= 0.6 is 0 Å². The quantitative estimate of drug-likeness (QED) is 0.406. The van der Waals surface area contributed by atoms with Crippen LogP contribution in [-0.4, -0.2) is 28.2 Å². The summed E-state index contributed by atoms with van der Waals surface area (Å²) in [6.07, 6.45) is 3.59. The molecule has 1 heterocycles. The summed E-state index contributed by atoms with van der Waals surface area (Å²) in [5.74, 6) is 1.03. The van der Waals surface area contributed by atoms with E-state index in [9.17, 15) is 9.59 Å². The molecule has 8 nitrogen and oxygen atoms in total. The summed E-state index contributed by atoms with van der Waals surface area (Å²) in [7, 11) is 0. The predicted molar refractivity (Wildman–Crippen MR) is 124 cm³/mol. The van der Waals surface area contributed by atoms with E-state index >= 15 is 0 Å². The van der Waals surface area contributed by atoms with Gasteiger partial charge in [-0.25, -0.2) is 0 Å². The van der Waals surface area contributed by atoms with Crippen molar-refractivity contribution >= 4 is 17.5 Å². The van der Waals surface area contributed by atoms with E-state index in [-0.39, 0.29) is 5.91 Å². The number of hydrogen-bond donors (Lipinski definition) is 2. The molecule has 0 fully saturated rings. The molecule has 0 spiro atoms. The lowest BCUT2D eigenvalue weighted by atomic mass is 10.2. The van der Waals surface area contributed by atoms with Crippen molar-refractivity contribution in [2.75, 3.05) is 11.9 Å². The van der Waals surface area contributed by atoms with Gasteiger partial charge < -0.3 is 20.5 Å². The maximum Gasteiger partial charge on any atom is 0.255 e. The topological polar surface area (TPSA) is 108 Å². The first-order valence-electron chi connectivity index (χ1n) is 10.3. The molecule has 0 atom stereocenters. The van der Waals surface area contributed by atoms with Gasteiger partial charge in [-0.15, -0.1) is 0 Å². The van der Waals surface area contributed by atoms with E-state index in [2.05, 4.69) is 10.4 Å². The number of primary amides is 1. The Balaban J connectivity index is 1.32. The number of rotatable bonds is 9. The van der Waals surface area contributed by atoms with Crippen molar-refractivity contribution in [3.05, 3.63) is 102 Å². The van der Waals surface area contributed by atoms with Crippen molar-refractivity contribution in [3.63, 3.8) is 0 Å². The van der Waals surface area contributed by atoms with Gasteiger partial charge in [0, 0.05) is 35.3 Å². The average molecular weight is 442 g/mol. The molecule has 8 heteroatoms. The largest absolute Gasteiger partial charge is 0.492 e. The predicted octanol–water partition coefficient (Wildman–Crippen LogP) is 4.11. The zero-order valence-electron chi connectivity index (χ0n) is 17.7. The van der Waals surface area contributed by atoms with Crippen LogP contribution in [0, 0.1) is 0 Å². The van der Waals surface area contributed by atoms with Gasteiger partial charge in [0.25, 0.3) is 5.91 Å². The molecule has 4 rings (SSSR count). The Labute approximate surface area is 190 Å². The van der Waals surface area contributed by atoms with Gasteiger partial charge in [-0.1, -0.05) is 6.07 Å². The fourth-order valence-electron chi connectivity index (χ4n) is 3.05. The van der Waals surface area contributed by atoms with E-state index in [0.717, 1.165) is 0 Å². The van der Waals surface area contributed by atoms with E-state index < -0.39 is 5.91 Å². The van der Waals surface area contributed by atoms with Crippen molar-refractivity contribution in [2.45, 2.75) is 6.54 Å². The highest BCUT2D eigenvalue weighted by Gasteiger charge is 2.08. The fraction of sp³-hybridized carbons (Fsp3) is 0.0800. The second-order valence-electron chi connectivity index (χ2n) is 7.11. The molecule has 2 amide bonds. The van der Waals surface area contributed by atoms with Gasteiger partial charge in [0.1, 0.15) is 23.9 Å². The molecule has 0 aliphatic rings. The number of hydrogen-bond acceptors (Lipinski definition) is 5. The molecule has 4 aromatic rings. The lowest BCUT2D eigenvalue weighted by Gasteiger charge is -2.10. The molecular weight excluding hydrogens is 420 g/mol. The summed E-state index contributed by atoms with van der Waals surface area (Å²) in [4.78, 5) is 23.8. The minimum atomic E-state index is -0.497. The minimum absolute atomic E-state index is 0.249. The normalized spacial score (nSPS) is 10.4. The highest BCUT2D eigenvalue weighted by molar-refractivity contribution is 6.04. The zero-order chi connectivity index (χ0) is 23.0. The second-order valence-corrected chi connectivity index (χ2v) is 7.11. The third-order valence-corrected chi connectivity index (χ3v) is 4.73. The number of nitrogens with one attached hydrogen (secondary N) is 1.